The highest BCUT2D eigenvalue weighted by atomic mass is 32.2. The summed E-state index contributed by atoms with van der Waals surface area (Å²) in [4.78, 5) is 12.6. The number of aromatic nitrogens is 2. The second-order valence-electron chi connectivity index (χ2n) is 7.61. The predicted octanol–water partition coefficient (Wildman–Crippen LogP) is 2.28. The van der Waals surface area contributed by atoms with Crippen molar-refractivity contribution in [2.75, 3.05) is 26.3 Å². The van der Waals surface area contributed by atoms with Crippen LogP contribution in [-0.2, 0) is 32.6 Å². The summed E-state index contributed by atoms with van der Waals surface area (Å²) in [6, 6.07) is 16.3. The molecule has 2 aromatic carbocycles. The summed E-state index contributed by atoms with van der Waals surface area (Å²) in [5.41, 5.74) is 2.85. The Labute approximate surface area is 193 Å². The van der Waals surface area contributed by atoms with Crippen LogP contribution in [0.25, 0.3) is 6.08 Å². The number of nitrogens with one attached hydrogen (secondary N) is 1. The Morgan fingerprint density at radius 2 is 1.76 bits per heavy atom. The van der Waals surface area contributed by atoms with Crippen molar-refractivity contribution in [1.82, 2.24) is 19.4 Å². The van der Waals surface area contributed by atoms with Gasteiger partial charge in [0.1, 0.15) is 0 Å². The van der Waals surface area contributed by atoms with E-state index in [4.69, 9.17) is 4.74 Å². The van der Waals surface area contributed by atoms with E-state index in [0.29, 0.717) is 39.4 Å². The van der Waals surface area contributed by atoms with Gasteiger partial charge in [-0.25, -0.2) is 8.42 Å². The summed E-state index contributed by atoms with van der Waals surface area (Å²) in [6.07, 6.45) is 6.74. The van der Waals surface area contributed by atoms with Crippen LogP contribution in [0.15, 0.2) is 78.0 Å². The maximum atomic E-state index is 12.7. The van der Waals surface area contributed by atoms with Gasteiger partial charge in [-0.3, -0.25) is 9.48 Å². The van der Waals surface area contributed by atoms with E-state index in [-0.39, 0.29) is 10.8 Å². The lowest BCUT2D eigenvalue weighted by atomic mass is 10.1. The SMILES string of the molecule is O=C(/C=C/c1ccc(S(=O)(=O)N2CCOCC2)cc1)NCc1ccccc1Cn1cccn1. The Bertz CT molecular complexity index is 1200. The van der Waals surface area contributed by atoms with Crippen LogP contribution in [-0.4, -0.2) is 54.7 Å². The molecule has 1 aromatic heterocycles. The Balaban J connectivity index is 1.34. The maximum absolute atomic E-state index is 12.7. The number of carbonyl (C=O) groups is 1. The molecule has 0 saturated carbocycles. The molecule has 33 heavy (non-hydrogen) atoms. The first-order chi connectivity index (χ1) is 16.0. The van der Waals surface area contributed by atoms with Gasteiger partial charge >= 0.3 is 0 Å². The molecule has 4 rings (SSSR count). The zero-order valence-corrected chi connectivity index (χ0v) is 18.9. The fraction of sp³-hybridized carbons (Fsp3) is 0.250. The van der Waals surface area contributed by atoms with Crippen LogP contribution in [0.2, 0.25) is 0 Å². The zero-order valence-electron chi connectivity index (χ0n) is 18.1. The molecule has 3 aromatic rings. The van der Waals surface area contributed by atoms with Gasteiger partial charge in [-0.2, -0.15) is 9.40 Å². The van der Waals surface area contributed by atoms with Crippen molar-refractivity contribution in [3.05, 3.63) is 89.8 Å². The highest BCUT2D eigenvalue weighted by molar-refractivity contribution is 7.89. The van der Waals surface area contributed by atoms with E-state index >= 15 is 0 Å². The molecule has 1 aliphatic rings. The summed E-state index contributed by atoms with van der Waals surface area (Å²) in [5.74, 6) is -0.228. The van der Waals surface area contributed by atoms with Crippen LogP contribution in [0.4, 0.5) is 0 Å². The molecule has 1 fully saturated rings. The third kappa shape index (κ3) is 5.95. The molecule has 0 unspecified atom stereocenters. The molecule has 9 heteroatoms. The van der Waals surface area contributed by atoms with E-state index in [1.165, 1.54) is 10.4 Å². The van der Waals surface area contributed by atoms with Crippen LogP contribution in [0.5, 0.6) is 0 Å². The van der Waals surface area contributed by atoms with Gasteiger partial charge in [0.2, 0.25) is 15.9 Å². The third-order valence-corrected chi connectivity index (χ3v) is 7.29. The molecule has 0 spiro atoms. The molecule has 1 saturated heterocycles. The number of morpholine rings is 1. The lowest BCUT2D eigenvalue weighted by molar-refractivity contribution is -0.116. The molecule has 2 heterocycles. The van der Waals surface area contributed by atoms with Crippen molar-refractivity contribution >= 4 is 22.0 Å². The molecule has 172 valence electrons. The maximum Gasteiger partial charge on any atom is 0.244 e. The molecule has 1 N–H and O–H groups in total. The molecule has 1 amide bonds. The number of ether oxygens (including phenoxy) is 1. The van der Waals surface area contributed by atoms with Gasteiger partial charge < -0.3 is 10.1 Å². The normalized spacial score (nSPS) is 15.0. The molecule has 8 nitrogen and oxygen atoms in total. The average molecular weight is 467 g/mol. The first-order valence-electron chi connectivity index (χ1n) is 10.7. The molecular weight excluding hydrogens is 440 g/mol. The van der Waals surface area contributed by atoms with Gasteiger partial charge in [-0.15, -0.1) is 0 Å². The number of hydrogen-bond acceptors (Lipinski definition) is 5. The van der Waals surface area contributed by atoms with Crippen molar-refractivity contribution < 1.29 is 17.9 Å². The fourth-order valence-electron chi connectivity index (χ4n) is 3.55. The van der Waals surface area contributed by atoms with Crippen molar-refractivity contribution in [3.63, 3.8) is 0 Å². The van der Waals surface area contributed by atoms with Gasteiger partial charge in [0, 0.05) is 38.1 Å². The van der Waals surface area contributed by atoms with Gasteiger partial charge in [0.05, 0.1) is 24.7 Å². The van der Waals surface area contributed by atoms with Crippen LogP contribution in [0.1, 0.15) is 16.7 Å². The van der Waals surface area contributed by atoms with E-state index in [9.17, 15) is 13.2 Å². The number of nitrogens with zero attached hydrogens (tertiary/aromatic N) is 3. The summed E-state index contributed by atoms with van der Waals surface area (Å²) in [5, 5.41) is 7.13. The van der Waals surface area contributed by atoms with E-state index in [1.54, 1.807) is 36.5 Å². The molecule has 0 radical (unpaired) electrons. The van der Waals surface area contributed by atoms with Gasteiger partial charge in [0.15, 0.2) is 0 Å². The first kappa shape index (κ1) is 22.9. The van der Waals surface area contributed by atoms with Crippen LogP contribution >= 0.6 is 0 Å². The summed E-state index contributed by atoms with van der Waals surface area (Å²) in [6.45, 7) is 2.56. The molecular formula is C24H26N4O4S. The summed E-state index contributed by atoms with van der Waals surface area (Å²) >= 11 is 0. The Morgan fingerprint density at radius 1 is 1.03 bits per heavy atom. The van der Waals surface area contributed by atoms with E-state index in [2.05, 4.69) is 10.4 Å². The average Bonchev–Trinajstić information content (AvgIpc) is 3.36. The predicted molar refractivity (Wildman–Crippen MR) is 125 cm³/mol. The topological polar surface area (TPSA) is 93.5 Å². The molecule has 0 aliphatic carbocycles. The number of benzene rings is 2. The van der Waals surface area contributed by atoms with Gasteiger partial charge in [-0.1, -0.05) is 36.4 Å². The van der Waals surface area contributed by atoms with Crippen molar-refractivity contribution in [1.29, 1.82) is 0 Å². The summed E-state index contributed by atoms with van der Waals surface area (Å²) < 4.78 is 33.9. The number of amides is 1. The van der Waals surface area contributed by atoms with Crippen LogP contribution < -0.4 is 5.32 Å². The molecule has 0 atom stereocenters. The smallest absolute Gasteiger partial charge is 0.244 e. The van der Waals surface area contributed by atoms with Gasteiger partial charge in [-0.05, 0) is 41.0 Å². The molecule has 0 bridgehead atoms. The van der Waals surface area contributed by atoms with E-state index < -0.39 is 10.0 Å². The second-order valence-corrected chi connectivity index (χ2v) is 9.55. The molecule has 1 aliphatic heterocycles. The highest BCUT2D eigenvalue weighted by Crippen LogP contribution is 2.18. The number of rotatable bonds is 8. The highest BCUT2D eigenvalue weighted by Gasteiger charge is 2.25. The monoisotopic (exact) mass is 466 g/mol. The lowest BCUT2D eigenvalue weighted by Gasteiger charge is -2.26. The standard InChI is InChI=1S/C24H26N4O4S/c29-24(25-18-21-4-1-2-5-22(21)19-27-13-3-12-26-27)11-8-20-6-9-23(10-7-20)33(30,31)28-14-16-32-17-15-28/h1-13H,14-19H2,(H,25,29)/b11-8+. The number of carbonyl (C=O) groups excluding carboxylic acids is 1. The lowest BCUT2D eigenvalue weighted by Crippen LogP contribution is -2.40. The van der Waals surface area contributed by atoms with Crippen molar-refractivity contribution in [2.45, 2.75) is 18.0 Å². The minimum atomic E-state index is -3.53. The van der Waals surface area contributed by atoms with Crippen LogP contribution in [0.3, 0.4) is 0 Å². The largest absolute Gasteiger partial charge is 0.379 e. The third-order valence-electron chi connectivity index (χ3n) is 5.38. The van der Waals surface area contributed by atoms with E-state index in [1.807, 2.05) is 41.2 Å². The Kier molecular flexibility index (Phi) is 7.33. The first-order valence-corrected chi connectivity index (χ1v) is 12.1. The minimum Gasteiger partial charge on any atom is -0.379 e. The van der Waals surface area contributed by atoms with Crippen molar-refractivity contribution in [2.24, 2.45) is 0 Å². The second kappa shape index (κ2) is 10.6. The van der Waals surface area contributed by atoms with Crippen molar-refractivity contribution in [3.8, 4) is 0 Å². The van der Waals surface area contributed by atoms with Gasteiger partial charge in [0.25, 0.3) is 0 Å². The number of sulfonamides is 1. The Morgan fingerprint density at radius 3 is 2.45 bits per heavy atom. The Hall–Kier alpha value is -3.27. The quantitative estimate of drug-likeness (QED) is 0.514. The fourth-order valence-corrected chi connectivity index (χ4v) is 4.96. The van der Waals surface area contributed by atoms with E-state index in [0.717, 1.165) is 16.7 Å². The number of hydrogen-bond donors (Lipinski definition) is 1. The summed E-state index contributed by atoms with van der Waals surface area (Å²) in [7, 11) is -3.53. The minimum absolute atomic E-state index is 0.228. The zero-order chi connectivity index (χ0) is 23.1. The van der Waals surface area contributed by atoms with Crippen LogP contribution in [0, 0.1) is 0 Å².